The molecule has 0 radical (unpaired) electrons. The molecule has 0 atom stereocenters. The van der Waals surface area contributed by atoms with Crippen LogP contribution in [0, 0.1) is 10.1 Å². The summed E-state index contributed by atoms with van der Waals surface area (Å²) in [6.07, 6.45) is 0. The highest BCUT2D eigenvalue weighted by Gasteiger charge is 2.14. The zero-order valence-electron chi connectivity index (χ0n) is 10.4. The first-order valence-electron chi connectivity index (χ1n) is 5.59. The van der Waals surface area contributed by atoms with E-state index in [1.807, 2.05) is 13.8 Å². The lowest BCUT2D eigenvalue weighted by molar-refractivity contribution is -0.384. The zero-order chi connectivity index (χ0) is 13.7. The van der Waals surface area contributed by atoms with Crippen LogP contribution in [0.25, 0.3) is 0 Å². The summed E-state index contributed by atoms with van der Waals surface area (Å²) < 4.78 is 0. The molecule has 1 aromatic rings. The topological polar surface area (TPSA) is 83.7 Å². The standard InChI is InChI=1S/C12H16N2O4/c1-9(2)13(8-12(15)16)7-10-3-5-11(6-4-10)14(17)18/h3-6,9H,7-8H2,1-2H3,(H,15,16). The zero-order valence-corrected chi connectivity index (χ0v) is 10.4. The minimum absolute atomic E-state index is 0.0353. The number of benzene rings is 1. The van der Waals surface area contributed by atoms with E-state index in [2.05, 4.69) is 0 Å². The van der Waals surface area contributed by atoms with Gasteiger partial charge in [0.25, 0.3) is 5.69 Å². The monoisotopic (exact) mass is 252 g/mol. The molecular weight excluding hydrogens is 236 g/mol. The van der Waals surface area contributed by atoms with Crippen LogP contribution in [0.5, 0.6) is 0 Å². The maximum absolute atomic E-state index is 10.7. The fourth-order valence-electron chi connectivity index (χ4n) is 1.55. The number of hydrogen-bond acceptors (Lipinski definition) is 4. The Labute approximate surface area is 105 Å². The van der Waals surface area contributed by atoms with Crippen molar-refractivity contribution in [3.8, 4) is 0 Å². The van der Waals surface area contributed by atoms with Crippen LogP contribution in [0.4, 0.5) is 5.69 Å². The van der Waals surface area contributed by atoms with Gasteiger partial charge in [-0.05, 0) is 19.4 Å². The summed E-state index contributed by atoms with van der Waals surface area (Å²) >= 11 is 0. The summed E-state index contributed by atoms with van der Waals surface area (Å²) in [5, 5.41) is 19.3. The molecule has 0 aliphatic rings. The van der Waals surface area contributed by atoms with E-state index in [1.54, 1.807) is 17.0 Å². The fourth-order valence-corrected chi connectivity index (χ4v) is 1.55. The number of hydrogen-bond donors (Lipinski definition) is 1. The molecule has 0 spiro atoms. The smallest absolute Gasteiger partial charge is 0.317 e. The second kappa shape index (κ2) is 6.11. The summed E-state index contributed by atoms with van der Waals surface area (Å²) in [6, 6.07) is 6.24. The van der Waals surface area contributed by atoms with Crippen molar-refractivity contribution in [3.05, 3.63) is 39.9 Å². The maximum atomic E-state index is 10.7. The number of carboxylic acids is 1. The molecule has 0 aliphatic carbocycles. The molecule has 1 aromatic carbocycles. The molecule has 1 rings (SSSR count). The number of nitro groups is 1. The van der Waals surface area contributed by atoms with Crippen molar-refractivity contribution in [1.29, 1.82) is 0 Å². The van der Waals surface area contributed by atoms with Crippen molar-refractivity contribution in [2.45, 2.75) is 26.4 Å². The van der Waals surface area contributed by atoms with E-state index < -0.39 is 10.9 Å². The van der Waals surface area contributed by atoms with Gasteiger partial charge >= 0.3 is 5.97 Å². The number of non-ortho nitro benzene ring substituents is 1. The molecule has 0 unspecified atom stereocenters. The molecule has 0 bridgehead atoms. The summed E-state index contributed by atoms with van der Waals surface area (Å²) in [6.45, 7) is 4.24. The van der Waals surface area contributed by atoms with Gasteiger partial charge in [-0.3, -0.25) is 19.8 Å². The minimum Gasteiger partial charge on any atom is -0.480 e. The summed E-state index contributed by atoms with van der Waals surface area (Å²) in [5.74, 6) is -0.884. The van der Waals surface area contributed by atoms with Gasteiger partial charge in [-0.25, -0.2) is 0 Å². The van der Waals surface area contributed by atoms with Crippen LogP contribution >= 0.6 is 0 Å². The molecule has 0 fully saturated rings. The molecule has 0 aliphatic heterocycles. The van der Waals surface area contributed by atoms with E-state index in [1.165, 1.54) is 12.1 Å². The van der Waals surface area contributed by atoms with Crippen molar-refractivity contribution in [2.24, 2.45) is 0 Å². The van der Waals surface area contributed by atoms with E-state index in [0.29, 0.717) is 6.54 Å². The van der Waals surface area contributed by atoms with Crippen molar-refractivity contribution in [2.75, 3.05) is 6.54 Å². The van der Waals surface area contributed by atoms with Gasteiger partial charge in [0.2, 0.25) is 0 Å². The minimum atomic E-state index is -0.884. The molecule has 0 aromatic heterocycles. The molecule has 98 valence electrons. The Morgan fingerprint density at radius 3 is 2.33 bits per heavy atom. The molecule has 0 saturated carbocycles. The average Bonchev–Trinajstić information content (AvgIpc) is 2.28. The van der Waals surface area contributed by atoms with Gasteiger partial charge in [-0.1, -0.05) is 12.1 Å². The lowest BCUT2D eigenvalue weighted by atomic mass is 10.1. The first-order chi connectivity index (χ1) is 8.40. The molecule has 6 heteroatoms. The molecule has 0 amide bonds. The van der Waals surface area contributed by atoms with Crippen molar-refractivity contribution < 1.29 is 14.8 Å². The third-order valence-corrected chi connectivity index (χ3v) is 2.60. The Balaban J connectivity index is 2.74. The van der Waals surface area contributed by atoms with Gasteiger partial charge in [0.05, 0.1) is 11.5 Å². The Morgan fingerprint density at radius 2 is 1.94 bits per heavy atom. The second-order valence-electron chi connectivity index (χ2n) is 4.32. The number of carbonyl (C=O) groups is 1. The Morgan fingerprint density at radius 1 is 1.39 bits per heavy atom. The Bertz CT molecular complexity index is 428. The molecule has 6 nitrogen and oxygen atoms in total. The molecule has 0 heterocycles. The van der Waals surface area contributed by atoms with Gasteiger partial charge in [-0.15, -0.1) is 0 Å². The normalized spacial score (nSPS) is 10.9. The highest BCUT2D eigenvalue weighted by atomic mass is 16.6. The largest absolute Gasteiger partial charge is 0.480 e. The molecular formula is C12H16N2O4. The lowest BCUT2D eigenvalue weighted by Gasteiger charge is -2.24. The second-order valence-corrected chi connectivity index (χ2v) is 4.32. The van der Waals surface area contributed by atoms with Crippen molar-refractivity contribution >= 4 is 11.7 Å². The third kappa shape index (κ3) is 4.14. The van der Waals surface area contributed by atoms with Gasteiger partial charge in [0, 0.05) is 24.7 Å². The van der Waals surface area contributed by atoms with Crippen LogP contribution in [-0.2, 0) is 11.3 Å². The summed E-state index contributed by atoms with van der Waals surface area (Å²) in [5.41, 5.74) is 0.892. The van der Waals surface area contributed by atoms with E-state index in [4.69, 9.17) is 5.11 Å². The quantitative estimate of drug-likeness (QED) is 0.617. The van der Waals surface area contributed by atoms with Crippen LogP contribution in [0.1, 0.15) is 19.4 Å². The Hall–Kier alpha value is -1.95. The lowest BCUT2D eigenvalue weighted by Crippen LogP contribution is -2.35. The average molecular weight is 252 g/mol. The first kappa shape index (κ1) is 14.1. The number of aliphatic carboxylic acids is 1. The number of nitrogens with zero attached hydrogens (tertiary/aromatic N) is 2. The summed E-state index contributed by atoms with van der Waals surface area (Å²) in [4.78, 5) is 22.5. The predicted molar refractivity (Wildman–Crippen MR) is 66.3 cm³/mol. The van der Waals surface area contributed by atoms with E-state index in [-0.39, 0.29) is 18.3 Å². The van der Waals surface area contributed by atoms with Crippen LogP contribution < -0.4 is 0 Å². The van der Waals surface area contributed by atoms with Crippen LogP contribution in [0.3, 0.4) is 0 Å². The SMILES string of the molecule is CC(C)N(CC(=O)O)Cc1ccc([N+](=O)[O-])cc1. The van der Waals surface area contributed by atoms with Crippen LogP contribution in [0.15, 0.2) is 24.3 Å². The van der Waals surface area contributed by atoms with Crippen molar-refractivity contribution in [1.82, 2.24) is 4.90 Å². The van der Waals surface area contributed by atoms with E-state index in [9.17, 15) is 14.9 Å². The van der Waals surface area contributed by atoms with Crippen molar-refractivity contribution in [3.63, 3.8) is 0 Å². The third-order valence-electron chi connectivity index (χ3n) is 2.60. The number of rotatable bonds is 6. The van der Waals surface area contributed by atoms with Gasteiger partial charge in [-0.2, -0.15) is 0 Å². The fraction of sp³-hybridized carbons (Fsp3) is 0.417. The highest BCUT2D eigenvalue weighted by Crippen LogP contribution is 2.14. The molecule has 1 N–H and O–H groups in total. The first-order valence-corrected chi connectivity index (χ1v) is 5.59. The van der Waals surface area contributed by atoms with Gasteiger partial charge < -0.3 is 5.11 Å². The predicted octanol–water partition coefficient (Wildman–Crippen LogP) is 1.89. The maximum Gasteiger partial charge on any atom is 0.317 e. The Kier molecular flexibility index (Phi) is 4.79. The highest BCUT2D eigenvalue weighted by molar-refractivity contribution is 5.69. The van der Waals surface area contributed by atoms with Gasteiger partial charge in [0.1, 0.15) is 0 Å². The number of nitro benzene ring substituents is 1. The number of carboxylic acid groups (broad SMARTS) is 1. The molecule has 0 saturated heterocycles. The summed E-state index contributed by atoms with van der Waals surface area (Å²) in [7, 11) is 0. The molecule has 18 heavy (non-hydrogen) atoms. The van der Waals surface area contributed by atoms with Gasteiger partial charge in [0.15, 0.2) is 0 Å². The van der Waals surface area contributed by atoms with Crippen LogP contribution in [0.2, 0.25) is 0 Å². The van der Waals surface area contributed by atoms with Crippen LogP contribution in [-0.4, -0.2) is 33.5 Å². The van der Waals surface area contributed by atoms with E-state index >= 15 is 0 Å². The van der Waals surface area contributed by atoms with E-state index in [0.717, 1.165) is 5.56 Å².